The summed E-state index contributed by atoms with van der Waals surface area (Å²) in [4.78, 5) is 11.4. The second-order valence-electron chi connectivity index (χ2n) is 3.48. The maximum atomic E-state index is 12.9. The summed E-state index contributed by atoms with van der Waals surface area (Å²) in [5, 5.41) is 0. The van der Waals surface area contributed by atoms with Crippen LogP contribution in [-0.2, 0) is 4.79 Å². The molecule has 0 spiro atoms. The molecule has 6 heteroatoms. The molecular formula is C11H14BrFN2O2. The van der Waals surface area contributed by atoms with E-state index in [0.29, 0.717) is 16.6 Å². The highest BCUT2D eigenvalue weighted by molar-refractivity contribution is 9.10. The maximum absolute atomic E-state index is 12.9. The fourth-order valence-electron chi connectivity index (χ4n) is 1.32. The van der Waals surface area contributed by atoms with Crippen LogP contribution in [-0.4, -0.2) is 12.0 Å². The first-order valence-electron chi connectivity index (χ1n) is 5.20. The van der Waals surface area contributed by atoms with Crippen molar-refractivity contribution in [3.05, 3.63) is 28.5 Å². The highest BCUT2D eigenvalue weighted by Gasteiger charge is 2.19. The van der Waals surface area contributed by atoms with E-state index in [0.717, 1.165) is 6.42 Å². The number of carbonyl (C=O) groups is 1. The van der Waals surface area contributed by atoms with Gasteiger partial charge in [-0.25, -0.2) is 10.2 Å². The van der Waals surface area contributed by atoms with Crippen molar-refractivity contribution in [2.24, 2.45) is 5.84 Å². The number of rotatable bonds is 5. The number of hydrogen-bond acceptors (Lipinski definition) is 3. The highest BCUT2D eigenvalue weighted by atomic mass is 79.9. The van der Waals surface area contributed by atoms with Gasteiger partial charge in [0.05, 0.1) is 4.47 Å². The number of carbonyl (C=O) groups excluding carboxylic acids is 1. The summed E-state index contributed by atoms with van der Waals surface area (Å²) in [5.74, 6) is 4.70. The van der Waals surface area contributed by atoms with Gasteiger partial charge in [0.25, 0.3) is 5.91 Å². The average molecular weight is 305 g/mol. The van der Waals surface area contributed by atoms with Gasteiger partial charge in [0.1, 0.15) is 11.6 Å². The number of hydrogen-bond donors (Lipinski definition) is 2. The lowest BCUT2D eigenvalue weighted by atomic mass is 10.2. The number of amides is 1. The summed E-state index contributed by atoms with van der Waals surface area (Å²) >= 11 is 3.17. The molecule has 3 N–H and O–H groups in total. The molecule has 0 heterocycles. The molecule has 0 saturated heterocycles. The van der Waals surface area contributed by atoms with E-state index in [-0.39, 0.29) is 5.82 Å². The molecule has 0 saturated carbocycles. The van der Waals surface area contributed by atoms with Gasteiger partial charge in [0.15, 0.2) is 6.10 Å². The molecule has 1 atom stereocenters. The Morgan fingerprint density at radius 2 is 2.35 bits per heavy atom. The first-order valence-corrected chi connectivity index (χ1v) is 6.00. The molecule has 0 aliphatic carbocycles. The summed E-state index contributed by atoms with van der Waals surface area (Å²) in [5.41, 5.74) is 2.05. The molecule has 0 aliphatic rings. The summed E-state index contributed by atoms with van der Waals surface area (Å²) < 4.78 is 18.8. The van der Waals surface area contributed by atoms with Crippen LogP contribution in [0.4, 0.5) is 4.39 Å². The largest absolute Gasteiger partial charge is 0.479 e. The monoisotopic (exact) mass is 304 g/mol. The zero-order chi connectivity index (χ0) is 12.8. The van der Waals surface area contributed by atoms with E-state index in [1.807, 2.05) is 12.3 Å². The maximum Gasteiger partial charge on any atom is 0.274 e. The zero-order valence-electron chi connectivity index (χ0n) is 9.37. The molecule has 1 unspecified atom stereocenters. The van der Waals surface area contributed by atoms with Crippen LogP contribution in [0.1, 0.15) is 19.8 Å². The SMILES string of the molecule is CCCC(Oc1ccc(F)cc1Br)C(=O)NN. The second kappa shape index (κ2) is 6.56. The van der Waals surface area contributed by atoms with Crippen molar-refractivity contribution in [3.63, 3.8) is 0 Å². The summed E-state index contributed by atoms with van der Waals surface area (Å²) in [6.07, 6.45) is 0.635. The Balaban J connectivity index is 2.82. The van der Waals surface area contributed by atoms with Crippen LogP contribution in [0.25, 0.3) is 0 Å². The van der Waals surface area contributed by atoms with E-state index in [9.17, 15) is 9.18 Å². The minimum Gasteiger partial charge on any atom is -0.479 e. The number of nitrogens with two attached hydrogens (primary N) is 1. The lowest BCUT2D eigenvalue weighted by Gasteiger charge is -2.17. The van der Waals surface area contributed by atoms with Crippen molar-refractivity contribution >= 4 is 21.8 Å². The van der Waals surface area contributed by atoms with E-state index >= 15 is 0 Å². The smallest absolute Gasteiger partial charge is 0.274 e. The van der Waals surface area contributed by atoms with Crippen molar-refractivity contribution in [3.8, 4) is 5.75 Å². The molecule has 1 aromatic rings. The Labute approximate surface area is 107 Å². The molecule has 0 radical (unpaired) electrons. The number of nitrogens with one attached hydrogen (secondary N) is 1. The molecule has 0 aromatic heterocycles. The molecule has 1 aromatic carbocycles. The lowest BCUT2D eigenvalue weighted by molar-refractivity contribution is -0.128. The average Bonchev–Trinajstić information content (AvgIpc) is 2.30. The molecule has 4 nitrogen and oxygen atoms in total. The van der Waals surface area contributed by atoms with Crippen molar-refractivity contribution in [1.82, 2.24) is 5.43 Å². The molecule has 94 valence electrons. The first kappa shape index (κ1) is 13.9. The Kier molecular flexibility index (Phi) is 5.37. The minimum absolute atomic E-state index is 0.375. The van der Waals surface area contributed by atoms with Gasteiger partial charge in [-0.1, -0.05) is 13.3 Å². The molecule has 0 fully saturated rings. The standard InChI is InChI=1S/C11H14BrFN2O2/c1-2-3-10(11(16)15-14)17-9-5-4-7(13)6-8(9)12/h4-6,10H,2-3,14H2,1H3,(H,15,16). The fraction of sp³-hybridized carbons (Fsp3) is 0.364. The molecule has 0 aliphatic heterocycles. The van der Waals surface area contributed by atoms with Crippen LogP contribution in [0.3, 0.4) is 0 Å². The van der Waals surface area contributed by atoms with Gasteiger partial charge in [0.2, 0.25) is 0 Å². The van der Waals surface area contributed by atoms with E-state index < -0.39 is 12.0 Å². The zero-order valence-corrected chi connectivity index (χ0v) is 11.0. The van der Waals surface area contributed by atoms with Gasteiger partial charge in [-0.05, 0) is 40.5 Å². The lowest BCUT2D eigenvalue weighted by Crippen LogP contribution is -2.42. The second-order valence-corrected chi connectivity index (χ2v) is 4.33. The van der Waals surface area contributed by atoms with Crippen LogP contribution in [0.2, 0.25) is 0 Å². The number of benzene rings is 1. The van der Waals surface area contributed by atoms with Gasteiger partial charge in [-0.15, -0.1) is 0 Å². The minimum atomic E-state index is -0.674. The number of hydrazine groups is 1. The molecule has 17 heavy (non-hydrogen) atoms. The number of ether oxygens (including phenoxy) is 1. The third-order valence-electron chi connectivity index (χ3n) is 2.15. The number of halogens is 2. The Bertz CT molecular complexity index is 401. The topological polar surface area (TPSA) is 64.3 Å². The summed E-state index contributed by atoms with van der Waals surface area (Å²) in [6.45, 7) is 1.93. The van der Waals surface area contributed by atoms with E-state index in [1.165, 1.54) is 18.2 Å². The molecule has 1 amide bonds. The van der Waals surface area contributed by atoms with Crippen molar-refractivity contribution in [2.45, 2.75) is 25.9 Å². The molecule has 1 rings (SSSR count). The van der Waals surface area contributed by atoms with Crippen LogP contribution >= 0.6 is 15.9 Å². The van der Waals surface area contributed by atoms with E-state index in [2.05, 4.69) is 15.9 Å². The van der Waals surface area contributed by atoms with Crippen molar-refractivity contribution < 1.29 is 13.9 Å². The third-order valence-corrected chi connectivity index (χ3v) is 2.77. The fourth-order valence-corrected chi connectivity index (χ4v) is 1.77. The van der Waals surface area contributed by atoms with Gasteiger partial charge >= 0.3 is 0 Å². The van der Waals surface area contributed by atoms with E-state index in [1.54, 1.807) is 0 Å². The highest BCUT2D eigenvalue weighted by Crippen LogP contribution is 2.27. The quantitative estimate of drug-likeness (QED) is 0.497. The van der Waals surface area contributed by atoms with Crippen LogP contribution in [0.5, 0.6) is 5.75 Å². The Morgan fingerprint density at radius 1 is 1.65 bits per heavy atom. The van der Waals surface area contributed by atoms with Gasteiger partial charge in [0, 0.05) is 0 Å². The van der Waals surface area contributed by atoms with Gasteiger partial charge < -0.3 is 4.74 Å². The van der Waals surface area contributed by atoms with Gasteiger partial charge in [-0.3, -0.25) is 10.2 Å². The Morgan fingerprint density at radius 3 is 2.88 bits per heavy atom. The van der Waals surface area contributed by atoms with Crippen molar-refractivity contribution in [2.75, 3.05) is 0 Å². The van der Waals surface area contributed by atoms with Crippen LogP contribution in [0, 0.1) is 5.82 Å². The third kappa shape index (κ3) is 3.98. The van der Waals surface area contributed by atoms with E-state index in [4.69, 9.17) is 10.6 Å². The van der Waals surface area contributed by atoms with Gasteiger partial charge in [-0.2, -0.15) is 0 Å². The predicted molar refractivity (Wildman–Crippen MR) is 65.8 cm³/mol. The van der Waals surface area contributed by atoms with Crippen LogP contribution < -0.4 is 16.0 Å². The Hall–Kier alpha value is -1.14. The first-order chi connectivity index (χ1) is 8.08. The summed E-state index contributed by atoms with van der Waals surface area (Å²) in [6, 6.07) is 4.01. The van der Waals surface area contributed by atoms with Crippen LogP contribution in [0.15, 0.2) is 22.7 Å². The normalized spacial score (nSPS) is 12.0. The molecule has 0 bridgehead atoms. The predicted octanol–water partition coefficient (Wildman–Crippen LogP) is 2.13. The van der Waals surface area contributed by atoms with Crippen molar-refractivity contribution in [1.29, 1.82) is 0 Å². The summed E-state index contributed by atoms with van der Waals surface area (Å²) in [7, 11) is 0. The molecular weight excluding hydrogens is 291 g/mol.